The van der Waals surface area contributed by atoms with Gasteiger partial charge in [0.1, 0.15) is 5.75 Å². The first-order valence-electron chi connectivity index (χ1n) is 6.64. The van der Waals surface area contributed by atoms with Crippen molar-refractivity contribution in [3.63, 3.8) is 0 Å². The smallest absolute Gasteiger partial charge is 0.259 e. The lowest BCUT2D eigenvalue weighted by atomic mass is 10.0. The van der Waals surface area contributed by atoms with Gasteiger partial charge in [-0.2, -0.15) is 0 Å². The molecule has 0 aliphatic heterocycles. The fourth-order valence-electron chi connectivity index (χ4n) is 2.48. The minimum atomic E-state index is -0.0613. The van der Waals surface area contributed by atoms with E-state index in [0.717, 1.165) is 39.1 Å². The summed E-state index contributed by atoms with van der Waals surface area (Å²) in [6, 6.07) is 7.65. The Kier molecular flexibility index (Phi) is 3.87. The van der Waals surface area contributed by atoms with E-state index in [2.05, 4.69) is 4.98 Å². The van der Waals surface area contributed by atoms with Crippen LogP contribution in [0.5, 0.6) is 5.75 Å². The third-order valence-corrected chi connectivity index (χ3v) is 4.16. The Morgan fingerprint density at radius 2 is 2.09 bits per heavy atom. The molecule has 0 saturated heterocycles. The van der Waals surface area contributed by atoms with Crippen molar-refractivity contribution in [3.05, 3.63) is 53.2 Å². The first-order valence-corrected chi connectivity index (χ1v) is 7.52. The Labute approximate surface area is 131 Å². The summed E-state index contributed by atoms with van der Waals surface area (Å²) in [5.41, 5.74) is 1.87. The van der Waals surface area contributed by atoms with Crippen LogP contribution in [-0.2, 0) is 7.05 Å². The lowest BCUT2D eigenvalue weighted by Gasteiger charge is -2.12. The van der Waals surface area contributed by atoms with Crippen molar-refractivity contribution in [2.45, 2.75) is 4.90 Å². The van der Waals surface area contributed by atoms with Crippen LogP contribution in [0.25, 0.3) is 21.9 Å². The predicted octanol–water partition coefficient (Wildman–Crippen LogP) is 2.57. The molecule has 3 rings (SSSR count). The molecule has 0 aliphatic carbocycles. The molecule has 0 amide bonds. The van der Waals surface area contributed by atoms with Crippen molar-refractivity contribution in [1.29, 1.82) is 0 Å². The third kappa shape index (κ3) is 2.36. The Morgan fingerprint density at radius 3 is 2.82 bits per heavy atom. The van der Waals surface area contributed by atoms with E-state index in [0.29, 0.717) is 5.39 Å². The van der Waals surface area contributed by atoms with Crippen LogP contribution >= 0.6 is 11.9 Å². The Bertz CT molecular complexity index is 906. The van der Waals surface area contributed by atoms with Gasteiger partial charge in [-0.25, -0.2) is 0 Å². The molecule has 0 spiro atoms. The molecule has 0 unspecified atom stereocenters. The second-order valence-corrected chi connectivity index (χ2v) is 5.54. The number of nitrogens with zero attached hydrogens (tertiary/aromatic N) is 2. The molecule has 2 heterocycles. The van der Waals surface area contributed by atoms with E-state index < -0.39 is 0 Å². The maximum atomic E-state index is 12.2. The number of methoxy groups -OCH3 is 1. The largest absolute Gasteiger partial charge is 0.496 e. The average Bonchev–Trinajstić information content (AvgIpc) is 2.57. The monoisotopic (exact) mass is 313 g/mol. The summed E-state index contributed by atoms with van der Waals surface area (Å²) in [5, 5.41) is 7.18. The van der Waals surface area contributed by atoms with Gasteiger partial charge in [-0.05, 0) is 41.1 Å². The number of aryl methyl sites for hydroxylation is 1. The second kappa shape index (κ2) is 5.82. The standard InChI is InChI=1S/C16H15N3O2S/c1-19-9-13(11-5-6-18-8-12(11)16(19)20)10-3-4-14(21-2)15(7-10)22-17/h3-9H,17H2,1-2H3. The van der Waals surface area contributed by atoms with Gasteiger partial charge in [0.05, 0.1) is 17.4 Å². The number of nitrogens with two attached hydrogens (primary N) is 1. The lowest BCUT2D eigenvalue weighted by molar-refractivity contribution is 0.405. The number of pyridine rings is 2. The first-order chi connectivity index (χ1) is 10.7. The van der Waals surface area contributed by atoms with Crippen LogP contribution in [0.15, 0.2) is 52.5 Å². The molecular formula is C16H15N3O2S. The zero-order chi connectivity index (χ0) is 15.7. The van der Waals surface area contributed by atoms with Crippen LogP contribution in [0.1, 0.15) is 0 Å². The minimum absolute atomic E-state index is 0.0613. The van der Waals surface area contributed by atoms with E-state index in [1.54, 1.807) is 31.1 Å². The summed E-state index contributed by atoms with van der Waals surface area (Å²) in [5.74, 6) is 0.729. The van der Waals surface area contributed by atoms with Crippen molar-refractivity contribution in [1.82, 2.24) is 9.55 Å². The van der Waals surface area contributed by atoms with Gasteiger partial charge in [-0.1, -0.05) is 6.07 Å². The van der Waals surface area contributed by atoms with E-state index in [4.69, 9.17) is 9.88 Å². The molecule has 22 heavy (non-hydrogen) atoms. The van der Waals surface area contributed by atoms with E-state index in [1.165, 1.54) is 0 Å². The number of hydrogen-bond acceptors (Lipinski definition) is 5. The topological polar surface area (TPSA) is 70.1 Å². The molecule has 5 nitrogen and oxygen atoms in total. The molecular weight excluding hydrogens is 298 g/mol. The van der Waals surface area contributed by atoms with Crippen molar-refractivity contribution < 1.29 is 4.74 Å². The van der Waals surface area contributed by atoms with E-state index in [9.17, 15) is 4.79 Å². The van der Waals surface area contributed by atoms with E-state index in [1.807, 2.05) is 30.5 Å². The van der Waals surface area contributed by atoms with Gasteiger partial charge in [0.15, 0.2) is 0 Å². The van der Waals surface area contributed by atoms with Crippen LogP contribution < -0.4 is 15.4 Å². The Hall–Kier alpha value is -2.31. The normalized spacial score (nSPS) is 10.9. The first kappa shape index (κ1) is 14.6. The number of benzene rings is 1. The molecule has 0 fully saturated rings. The third-order valence-electron chi connectivity index (χ3n) is 3.59. The molecule has 0 atom stereocenters. The summed E-state index contributed by atoms with van der Waals surface area (Å²) in [4.78, 5) is 17.1. The quantitative estimate of drug-likeness (QED) is 0.753. The summed E-state index contributed by atoms with van der Waals surface area (Å²) in [7, 11) is 3.35. The SMILES string of the molecule is COc1ccc(-c2cn(C)c(=O)c3cnccc23)cc1SN. The number of hydrogen-bond donors (Lipinski definition) is 1. The highest BCUT2D eigenvalue weighted by Gasteiger charge is 2.11. The molecule has 0 radical (unpaired) electrons. The van der Waals surface area contributed by atoms with Crippen molar-refractivity contribution in [2.24, 2.45) is 12.2 Å². The molecule has 3 aromatic rings. The van der Waals surface area contributed by atoms with Crippen LogP contribution in [0.3, 0.4) is 0 Å². The van der Waals surface area contributed by atoms with Gasteiger partial charge in [0.25, 0.3) is 5.56 Å². The van der Waals surface area contributed by atoms with Crippen molar-refractivity contribution >= 4 is 22.7 Å². The zero-order valence-corrected chi connectivity index (χ0v) is 13.1. The van der Waals surface area contributed by atoms with Crippen molar-refractivity contribution in [3.8, 4) is 16.9 Å². The van der Waals surface area contributed by atoms with Crippen LogP contribution in [0, 0.1) is 0 Å². The minimum Gasteiger partial charge on any atom is -0.496 e. The molecule has 0 saturated carbocycles. The Balaban J connectivity index is 2.31. The van der Waals surface area contributed by atoms with Gasteiger partial charge < -0.3 is 9.30 Å². The van der Waals surface area contributed by atoms with Crippen LogP contribution in [0.2, 0.25) is 0 Å². The van der Waals surface area contributed by atoms with Gasteiger partial charge in [0, 0.05) is 31.2 Å². The van der Waals surface area contributed by atoms with Crippen molar-refractivity contribution in [2.75, 3.05) is 7.11 Å². The number of rotatable bonds is 3. The number of ether oxygens (including phenoxy) is 1. The summed E-state index contributed by atoms with van der Waals surface area (Å²) in [6.07, 6.45) is 5.12. The fourth-order valence-corrected chi connectivity index (χ4v) is 2.94. The zero-order valence-electron chi connectivity index (χ0n) is 12.2. The molecule has 1 aromatic carbocycles. The predicted molar refractivity (Wildman–Crippen MR) is 89.0 cm³/mol. The molecule has 0 aliphatic rings. The van der Waals surface area contributed by atoms with Crippen LogP contribution in [0.4, 0.5) is 0 Å². The molecule has 0 bridgehead atoms. The molecule has 6 heteroatoms. The maximum absolute atomic E-state index is 12.2. The summed E-state index contributed by atoms with van der Waals surface area (Å²) in [6.45, 7) is 0. The van der Waals surface area contributed by atoms with E-state index in [-0.39, 0.29) is 5.56 Å². The van der Waals surface area contributed by atoms with E-state index >= 15 is 0 Å². The van der Waals surface area contributed by atoms with Gasteiger partial charge in [-0.3, -0.25) is 14.9 Å². The highest BCUT2D eigenvalue weighted by Crippen LogP contribution is 2.33. The highest BCUT2D eigenvalue weighted by atomic mass is 32.2. The lowest BCUT2D eigenvalue weighted by Crippen LogP contribution is -2.16. The second-order valence-electron chi connectivity index (χ2n) is 4.86. The summed E-state index contributed by atoms with van der Waals surface area (Å²) < 4.78 is 6.86. The van der Waals surface area contributed by atoms with Gasteiger partial charge in [-0.15, -0.1) is 0 Å². The maximum Gasteiger partial charge on any atom is 0.259 e. The summed E-state index contributed by atoms with van der Waals surface area (Å²) >= 11 is 1.14. The molecule has 2 N–H and O–H groups in total. The number of aromatic nitrogens is 2. The fraction of sp³-hybridized carbons (Fsp3) is 0.125. The van der Waals surface area contributed by atoms with Gasteiger partial charge in [0.2, 0.25) is 0 Å². The number of fused-ring (bicyclic) bond motifs is 1. The average molecular weight is 313 g/mol. The highest BCUT2D eigenvalue weighted by molar-refractivity contribution is 7.97. The molecule has 112 valence electrons. The Morgan fingerprint density at radius 1 is 1.27 bits per heavy atom. The molecule has 2 aromatic heterocycles. The van der Waals surface area contributed by atoms with Crippen LogP contribution in [-0.4, -0.2) is 16.7 Å². The van der Waals surface area contributed by atoms with Gasteiger partial charge >= 0.3 is 0 Å².